The number of hydrogen-bond acceptors (Lipinski definition) is 6. The number of halogens is 1. The Morgan fingerprint density at radius 1 is 1.08 bits per heavy atom. The maximum atomic E-state index is 6.46. The molecule has 4 aromatic rings. The highest BCUT2D eigenvalue weighted by atomic mass is 35.5. The van der Waals surface area contributed by atoms with Crippen LogP contribution in [0.4, 0.5) is 5.82 Å². The summed E-state index contributed by atoms with van der Waals surface area (Å²) in [5.41, 5.74) is 3.21. The van der Waals surface area contributed by atoms with Crippen LogP contribution in [-0.4, -0.2) is 44.1 Å². The van der Waals surface area contributed by atoms with Crippen LogP contribution in [0.25, 0.3) is 21.9 Å². The number of fused-ring (bicyclic) bond motifs is 3. The molecule has 8 heteroatoms. The summed E-state index contributed by atoms with van der Waals surface area (Å²) in [7, 11) is 0. The maximum Gasteiger partial charge on any atom is 0.163 e. The number of nitrogens with one attached hydrogen (secondary N) is 1. The highest BCUT2D eigenvalue weighted by molar-refractivity contribution is 6.33. The van der Waals surface area contributed by atoms with E-state index in [9.17, 15) is 0 Å². The first kappa shape index (κ1) is 23.4. The molecule has 0 radical (unpaired) electrons. The molecule has 0 spiro atoms. The number of rotatable bonds is 7. The molecule has 4 atom stereocenters. The molecule has 2 aliphatic carbocycles. The lowest BCUT2D eigenvalue weighted by atomic mass is 9.95. The number of aromatic nitrogens is 4. The molecule has 3 fully saturated rings. The van der Waals surface area contributed by atoms with Crippen LogP contribution in [0.1, 0.15) is 51.1 Å². The highest BCUT2D eigenvalue weighted by Gasteiger charge is 2.54. The van der Waals surface area contributed by atoms with Gasteiger partial charge in [0, 0.05) is 18.1 Å². The van der Waals surface area contributed by atoms with Gasteiger partial charge in [0.1, 0.15) is 29.0 Å². The third kappa shape index (κ3) is 4.47. The monoisotopic (exact) mass is 517 g/mol. The molecule has 4 heterocycles. The number of aryl methyl sites for hydroxylation is 1. The van der Waals surface area contributed by atoms with E-state index in [1.54, 1.807) is 0 Å². The van der Waals surface area contributed by atoms with E-state index in [1.807, 2.05) is 19.9 Å². The molecule has 3 aromatic heterocycles. The summed E-state index contributed by atoms with van der Waals surface area (Å²) in [4.78, 5) is 13.6. The zero-order valence-electron chi connectivity index (χ0n) is 21.2. The fourth-order valence-corrected chi connectivity index (χ4v) is 6.35. The van der Waals surface area contributed by atoms with Crippen LogP contribution < -0.4 is 5.32 Å². The summed E-state index contributed by atoms with van der Waals surface area (Å²) >= 11 is 6.34. The zero-order chi connectivity index (χ0) is 25.1. The van der Waals surface area contributed by atoms with Crippen LogP contribution in [0.15, 0.2) is 48.9 Å². The van der Waals surface area contributed by atoms with Gasteiger partial charge < -0.3 is 19.4 Å². The number of anilines is 1. The molecule has 37 heavy (non-hydrogen) atoms. The summed E-state index contributed by atoms with van der Waals surface area (Å²) in [5.74, 6) is 1.57. The van der Waals surface area contributed by atoms with E-state index in [2.05, 4.69) is 56.4 Å². The van der Waals surface area contributed by atoms with E-state index in [-0.39, 0.29) is 18.2 Å². The summed E-state index contributed by atoms with van der Waals surface area (Å²) in [6.45, 7) is 5.04. The minimum atomic E-state index is -0.599. The lowest BCUT2D eigenvalue weighted by Gasteiger charge is -2.24. The second-order valence-electron chi connectivity index (χ2n) is 11.3. The van der Waals surface area contributed by atoms with E-state index >= 15 is 0 Å². The predicted molar refractivity (Wildman–Crippen MR) is 145 cm³/mol. The number of nitrogens with zero attached hydrogens (tertiary/aromatic N) is 4. The summed E-state index contributed by atoms with van der Waals surface area (Å²) in [5, 5.41) is 6.03. The predicted octanol–water partition coefficient (Wildman–Crippen LogP) is 6.17. The molecule has 3 aliphatic rings. The Balaban J connectivity index is 1.11. The van der Waals surface area contributed by atoms with E-state index in [0.29, 0.717) is 11.1 Å². The van der Waals surface area contributed by atoms with Gasteiger partial charge in [0.25, 0.3) is 0 Å². The standard InChI is InChI=1S/C29H32ClN5O2/c1-29(2)36-25-20(14-23(26(25)37-29)35-12-11-21-27(30)32-16-33-28(21)35)8-6-17-5-7-19-9-10-24(34-22(19)13-17)31-15-18-3-4-18/h5,7,9-13,16,18,20,23,25-26H,3-4,6,8,14-15H2,1-2H3,(H,31,34)/t20-,23+,25+,26-/m0/s1. The minimum Gasteiger partial charge on any atom is -0.370 e. The Bertz CT molecular complexity index is 1470. The smallest absolute Gasteiger partial charge is 0.163 e. The van der Waals surface area contributed by atoms with E-state index < -0.39 is 5.79 Å². The average molecular weight is 518 g/mol. The molecule has 192 valence electrons. The fourth-order valence-electron chi connectivity index (χ4n) is 6.16. The van der Waals surface area contributed by atoms with Gasteiger partial charge in [-0.15, -0.1) is 0 Å². The van der Waals surface area contributed by atoms with Crippen molar-refractivity contribution >= 4 is 39.4 Å². The van der Waals surface area contributed by atoms with Crippen molar-refractivity contribution in [3.05, 3.63) is 59.6 Å². The van der Waals surface area contributed by atoms with Crippen molar-refractivity contribution < 1.29 is 9.47 Å². The molecule has 0 bridgehead atoms. The minimum absolute atomic E-state index is 0.0253. The summed E-state index contributed by atoms with van der Waals surface area (Å²) in [6.07, 6.45) is 9.26. The lowest BCUT2D eigenvalue weighted by molar-refractivity contribution is -0.160. The van der Waals surface area contributed by atoms with Gasteiger partial charge in [0.05, 0.1) is 23.0 Å². The Labute approximate surface area is 221 Å². The quantitative estimate of drug-likeness (QED) is 0.295. The normalized spacial score (nSPS) is 26.7. The van der Waals surface area contributed by atoms with Crippen molar-refractivity contribution in [2.45, 2.75) is 70.0 Å². The molecule has 1 aromatic carbocycles. The Hall–Kier alpha value is -2.74. The SMILES string of the molecule is CC1(C)O[C@@H]2[C@@H](CCc3ccc4ccc(NCC5CC5)nc4c3)C[C@@H](n3ccc4c(Cl)ncnc43)[C@@H]2O1. The molecule has 1 N–H and O–H groups in total. The fraction of sp³-hybridized carbons (Fsp3) is 0.483. The molecule has 7 nitrogen and oxygen atoms in total. The zero-order valence-corrected chi connectivity index (χ0v) is 22.0. The van der Waals surface area contributed by atoms with Crippen molar-refractivity contribution in [3.8, 4) is 0 Å². The largest absolute Gasteiger partial charge is 0.370 e. The van der Waals surface area contributed by atoms with Crippen molar-refractivity contribution in [1.29, 1.82) is 0 Å². The Kier molecular flexibility index (Phi) is 5.64. The van der Waals surface area contributed by atoms with Crippen LogP contribution in [-0.2, 0) is 15.9 Å². The van der Waals surface area contributed by atoms with Crippen LogP contribution in [0.2, 0.25) is 5.15 Å². The first-order chi connectivity index (χ1) is 17.9. The molecule has 0 amide bonds. The van der Waals surface area contributed by atoms with Crippen molar-refractivity contribution in [3.63, 3.8) is 0 Å². The van der Waals surface area contributed by atoms with Gasteiger partial charge in [-0.1, -0.05) is 23.7 Å². The maximum absolute atomic E-state index is 6.46. The highest BCUT2D eigenvalue weighted by Crippen LogP contribution is 2.49. The van der Waals surface area contributed by atoms with Gasteiger partial charge in [-0.3, -0.25) is 0 Å². The second kappa shape index (κ2) is 8.93. The Morgan fingerprint density at radius 3 is 2.78 bits per heavy atom. The first-order valence-electron chi connectivity index (χ1n) is 13.4. The number of hydrogen-bond donors (Lipinski definition) is 1. The van der Waals surface area contributed by atoms with Crippen molar-refractivity contribution in [1.82, 2.24) is 19.5 Å². The van der Waals surface area contributed by atoms with Gasteiger partial charge in [-0.05, 0) is 87.6 Å². The second-order valence-corrected chi connectivity index (χ2v) is 11.7. The topological polar surface area (TPSA) is 74.1 Å². The third-order valence-electron chi connectivity index (χ3n) is 8.20. The van der Waals surface area contributed by atoms with Gasteiger partial charge in [0.15, 0.2) is 5.79 Å². The first-order valence-corrected chi connectivity index (χ1v) is 13.8. The number of pyridine rings is 1. The van der Waals surface area contributed by atoms with Crippen LogP contribution in [0.3, 0.4) is 0 Å². The van der Waals surface area contributed by atoms with Crippen molar-refractivity contribution in [2.24, 2.45) is 11.8 Å². The van der Waals surface area contributed by atoms with Crippen LogP contribution in [0.5, 0.6) is 0 Å². The van der Waals surface area contributed by atoms with Crippen LogP contribution >= 0.6 is 11.6 Å². The van der Waals surface area contributed by atoms with E-state index in [0.717, 1.165) is 54.1 Å². The average Bonchev–Trinajstić information content (AvgIpc) is 3.41. The summed E-state index contributed by atoms with van der Waals surface area (Å²) < 4.78 is 15.1. The van der Waals surface area contributed by atoms with E-state index in [4.69, 9.17) is 26.1 Å². The number of ether oxygens (including phenoxy) is 2. The van der Waals surface area contributed by atoms with Crippen molar-refractivity contribution in [2.75, 3.05) is 11.9 Å². The van der Waals surface area contributed by atoms with Crippen LogP contribution in [0, 0.1) is 11.8 Å². The molecule has 0 unspecified atom stereocenters. The molecular formula is C29H32ClN5O2. The van der Waals surface area contributed by atoms with Gasteiger partial charge in [-0.2, -0.15) is 0 Å². The molecule has 2 saturated carbocycles. The Morgan fingerprint density at radius 2 is 1.92 bits per heavy atom. The van der Waals surface area contributed by atoms with Gasteiger partial charge in [0.2, 0.25) is 0 Å². The summed E-state index contributed by atoms with van der Waals surface area (Å²) in [6, 6.07) is 13.1. The molecular weight excluding hydrogens is 486 g/mol. The molecule has 1 saturated heterocycles. The number of benzene rings is 1. The molecule has 1 aliphatic heterocycles. The lowest BCUT2D eigenvalue weighted by Crippen LogP contribution is -2.27. The molecule has 7 rings (SSSR count). The van der Waals surface area contributed by atoms with E-state index in [1.165, 1.54) is 30.1 Å². The van der Waals surface area contributed by atoms with Gasteiger partial charge >= 0.3 is 0 Å². The van der Waals surface area contributed by atoms with Gasteiger partial charge in [-0.25, -0.2) is 15.0 Å². The third-order valence-corrected chi connectivity index (χ3v) is 8.50.